The fraction of sp³-hybridized carbons (Fsp3) is 0.391. The van der Waals surface area contributed by atoms with Gasteiger partial charge in [-0.2, -0.15) is 4.31 Å². The molecule has 2 aromatic rings. The van der Waals surface area contributed by atoms with Crippen LogP contribution >= 0.6 is 0 Å². The number of hydrogen-bond acceptors (Lipinski definition) is 5. The summed E-state index contributed by atoms with van der Waals surface area (Å²) in [6, 6.07) is 14.7. The number of benzene rings is 2. The number of esters is 1. The minimum Gasteiger partial charge on any atom is -0.462 e. The summed E-state index contributed by atoms with van der Waals surface area (Å²) in [4.78, 5) is 24.3. The number of ether oxygens (including phenoxy) is 1. The van der Waals surface area contributed by atoms with E-state index >= 15 is 0 Å². The van der Waals surface area contributed by atoms with Crippen molar-refractivity contribution in [1.82, 2.24) is 9.62 Å². The summed E-state index contributed by atoms with van der Waals surface area (Å²) in [6.45, 7) is 3.47. The zero-order chi connectivity index (χ0) is 23.0. The lowest BCUT2D eigenvalue weighted by molar-refractivity contribution is 0.0526. The average molecular weight is 460 g/mol. The number of urea groups is 1. The van der Waals surface area contributed by atoms with E-state index in [1.54, 1.807) is 61.5 Å². The minimum absolute atomic E-state index is 0.286. The molecule has 1 fully saturated rings. The number of carbonyl (C=O) groups excluding carboxylic acids is 2. The lowest BCUT2D eigenvalue weighted by Crippen LogP contribution is -2.39. The van der Waals surface area contributed by atoms with Crippen molar-refractivity contribution in [1.29, 1.82) is 0 Å². The summed E-state index contributed by atoms with van der Waals surface area (Å²) >= 11 is 0. The zero-order valence-electron chi connectivity index (χ0n) is 18.1. The Bertz CT molecular complexity index is 1020. The molecule has 172 valence electrons. The van der Waals surface area contributed by atoms with Crippen LogP contribution in [0.15, 0.2) is 59.5 Å². The first-order valence-corrected chi connectivity index (χ1v) is 12.2. The van der Waals surface area contributed by atoms with Crippen LogP contribution in [-0.4, -0.2) is 51.0 Å². The van der Waals surface area contributed by atoms with E-state index in [1.165, 1.54) is 4.31 Å². The van der Waals surface area contributed by atoms with Gasteiger partial charge in [-0.05, 0) is 62.4 Å². The fourth-order valence-corrected chi connectivity index (χ4v) is 5.17. The van der Waals surface area contributed by atoms with Crippen molar-refractivity contribution in [2.45, 2.75) is 31.1 Å². The topological polar surface area (TPSA) is 105 Å². The van der Waals surface area contributed by atoms with E-state index in [4.69, 9.17) is 4.74 Å². The molecule has 0 aromatic heterocycles. The van der Waals surface area contributed by atoms with Crippen LogP contribution in [-0.2, 0) is 14.8 Å². The Balaban J connectivity index is 1.41. The smallest absolute Gasteiger partial charge is 0.338 e. The maximum Gasteiger partial charge on any atom is 0.338 e. The molecule has 0 unspecified atom stereocenters. The molecule has 9 heteroatoms. The van der Waals surface area contributed by atoms with Gasteiger partial charge in [-0.3, -0.25) is 0 Å². The van der Waals surface area contributed by atoms with Crippen LogP contribution < -0.4 is 10.6 Å². The lowest BCUT2D eigenvalue weighted by Gasteiger charge is -2.31. The maximum absolute atomic E-state index is 12.7. The van der Waals surface area contributed by atoms with Crippen LogP contribution in [0.4, 0.5) is 10.5 Å². The van der Waals surface area contributed by atoms with Gasteiger partial charge in [-0.15, -0.1) is 0 Å². The van der Waals surface area contributed by atoms with Crippen molar-refractivity contribution < 1.29 is 22.7 Å². The molecular formula is C23H29N3O5S. The monoisotopic (exact) mass is 459 g/mol. The molecule has 2 aromatic carbocycles. The van der Waals surface area contributed by atoms with Crippen molar-refractivity contribution >= 4 is 27.7 Å². The lowest BCUT2D eigenvalue weighted by atomic mass is 9.95. The second-order valence-corrected chi connectivity index (χ2v) is 9.57. The third-order valence-electron chi connectivity index (χ3n) is 5.42. The number of sulfonamides is 1. The third-order valence-corrected chi connectivity index (χ3v) is 7.34. The van der Waals surface area contributed by atoms with E-state index in [1.807, 2.05) is 0 Å². The Morgan fingerprint density at radius 2 is 1.78 bits per heavy atom. The second-order valence-electron chi connectivity index (χ2n) is 7.63. The van der Waals surface area contributed by atoms with Crippen molar-refractivity contribution in [3.63, 3.8) is 0 Å². The predicted molar refractivity (Wildman–Crippen MR) is 122 cm³/mol. The average Bonchev–Trinajstić information content (AvgIpc) is 2.80. The van der Waals surface area contributed by atoms with Crippen molar-refractivity contribution in [2.24, 2.45) is 5.92 Å². The Labute approximate surface area is 189 Å². The number of anilines is 1. The van der Waals surface area contributed by atoms with Crippen LogP contribution in [0.2, 0.25) is 0 Å². The number of nitrogens with one attached hydrogen (secondary N) is 2. The molecule has 3 rings (SSSR count). The molecule has 1 aliphatic rings. The second kappa shape index (κ2) is 11.1. The molecule has 0 radical (unpaired) electrons. The van der Waals surface area contributed by atoms with Gasteiger partial charge in [0.25, 0.3) is 0 Å². The van der Waals surface area contributed by atoms with Crippen LogP contribution in [0.5, 0.6) is 0 Å². The van der Waals surface area contributed by atoms with Crippen molar-refractivity contribution in [3.05, 3.63) is 60.2 Å². The number of carbonyl (C=O) groups is 2. The van der Waals surface area contributed by atoms with Gasteiger partial charge in [0.05, 0.1) is 17.1 Å². The highest BCUT2D eigenvalue weighted by Gasteiger charge is 2.29. The van der Waals surface area contributed by atoms with E-state index in [0.29, 0.717) is 41.7 Å². The molecule has 0 bridgehead atoms. The molecule has 1 heterocycles. The summed E-state index contributed by atoms with van der Waals surface area (Å²) in [5, 5.41) is 5.54. The summed E-state index contributed by atoms with van der Waals surface area (Å²) in [5.41, 5.74) is 0.884. The van der Waals surface area contributed by atoms with Gasteiger partial charge in [-0.25, -0.2) is 18.0 Å². The molecule has 0 atom stereocenters. The van der Waals surface area contributed by atoms with Crippen LogP contribution in [0.25, 0.3) is 0 Å². The molecule has 0 spiro atoms. The standard InChI is InChI=1S/C23H29N3O5S/c1-2-31-22(27)19-7-6-8-20(17-19)25-23(28)24-14-11-18-12-15-26(16-13-18)32(29,30)21-9-4-3-5-10-21/h3-10,17-18H,2,11-16H2,1H3,(H2,24,25,28). The highest BCUT2D eigenvalue weighted by Crippen LogP contribution is 2.25. The fourth-order valence-electron chi connectivity index (χ4n) is 3.68. The Morgan fingerprint density at radius 3 is 2.47 bits per heavy atom. The number of rotatable bonds is 8. The number of piperidine rings is 1. The first-order chi connectivity index (χ1) is 15.4. The molecule has 2 N–H and O–H groups in total. The maximum atomic E-state index is 12.7. The normalized spacial score (nSPS) is 15.2. The SMILES string of the molecule is CCOC(=O)c1cccc(NC(=O)NCCC2CCN(S(=O)(=O)c3ccccc3)CC2)c1. The first-order valence-electron chi connectivity index (χ1n) is 10.8. The quantitative estimate of drug-likeness (QED) is 0.588. The number of nitrogens with zero attached hydrogens (tertiary/aromatic N) is 1. The zero-order valence-corrected chi connectivity index (χ0v) is 18.9. The molecule has 1 saturated heterocycles. The van der Waals surface area contributed by atoms with Crippen LogP contribution in [0.1, 0.15) is 36.5 Å². The summed E-state index contributed by atoms with van der Waals surface area (Å²) < 4.78 is 31.9. The van der Waals surface area contributed by atoms with Crippen molar-refractivity contribution in [3.8, 4) is 0 Å². The summed E-state index contributed by atoms with van der Waals surface area (Å²) in [7, 11) is -3.45. The van der Waals surface area contributed by atoms with E-state index in [2.05, 4.69) is 10.6 Å². The number of hydrogen-bond donors (Lipinski definition) is 2. The Hall–Kier alpha value is -2.91. The summed E-state index contributed by atoms with van der Waals surface area (Å²) in [5.74, 6) is -0.0816. The van der Waals surface area contributed by atoms with Gasteiger partial charge in [0.15, 0.2) is 0 Å². The highest BCUT2D eigenvalue weighted by atomic mass is 32.2. The first kappa shape index (κ1) is 23.7. The van der Waals surface area contributed by atoms with E-state index in [0.717, 1.165) is 19.3 Å². The molecule has 1 aliphatic heterocycles. The van der Waals surface area contributed by atoms with Crippen molar-refractivity contribution in [2.75, 3.05) is 31.6 Å². The van der Waals surface area contributed by atoms with Gasteiger partial charge >= 0.3 is 12.0 Å². The third kappa shape index (κ3) is 6.30. The van der Waals surface area contributed by atoms with Gasteiger partial charge in [0.1, 0.15) is 0 Å². The van der Waals surface area contributed by atoms with Gasteiger partial charge in [0, 0.05) is 25.3 Å². The summed E-state index contributed by atoms with van der Waals surface area (Å²) in [6.07, 6.45) is 2.30. The van der Waals surface area contributed by atoms with Crippen LogP contribution in [0, 0.1) is 5.92 Å². The molecule has 32 heavy (non-hydrogen) atoms. The van der Waals surface area contributed by atoms with Gasteiger partial charge in [0.2, 0.25) is 10.0 Å². The number of amides is 2. The van der Waals surface area contributed by atoms with E-state index < -0.39 is 16.0 Å². The largest absolute Gasteiger partial charge is 0.462 e. The molecule has 0 aliphatic carbocycles. The molecule has 0 saturated carbocycles. The van der Waals surface area contributed by atoms with E-state index in [-0.39, 0.29) is 12.6 Å². The Kier molecular flexibility index (Phi) is 8.24. The molecular weight excluding hydrogens is 430 g/mol. The van der Waals surface area contributed by atoms with Gasteiger partial charge < -0.3 is 15.4 Å². The molecule has 2 amide bonds. The molecule has 8 nitrogen and oxygen atoms in total. The minimum atomic E-state index is -3.45. The predicted octanol–water partition coefficient (Wildman–Crippen LogP) is 3.48. The van der Waals surface area contributed by atoms with E-state index in [9.17, 15) is 18.0 Å². The van der Waals surface area contributed by atoms with Crippen LogP contribution in [0.3, 0.4) is 0 Å². The Morgan fingerprint density at radius 1 is 1.06 bits per heavy atom. The van der Waals surface area contributed by atoms with Gasteiger partial charge in [-0.1, -0.05) is 24.3 Å². The highest BCUT2D eigenvalue weighted by molar-refractivity contribution is 7.89.